The summed E-state index contributed by atoms with van der Waals surface area (Å²) in [5.41, 5.74) is 3.41. The van der Waals surface area contributed by atoms with Crippen molar-refractivity contribution in [3.05, 3.63) is 66.1 Å². The van der Waals surface area contributed by atoms with Crippen LogP contribution in [0.25, 0.3) is 17.1 Å². The van der Waals surface area contributed by atoms with Crippen LogP contribution in [0.4, 0.5) is 11.5 Å². The van der Waals surface area contributed by atoms with Crippen molar-refractivity contribution in [2.75, 3.05) is 0 Å². The summed E-state index contributed by atoms with van der Waals surface area (Å²) in [5.74, 6) is 1.28. The molecule has 0 spiro atoms. The molecule has 0 saturated carbocycles. The van der Waals surface area contributed by atoms with Gasteiger partial charge in [0.15, 0.2) is 17.3 Å². The van der Waals surface area contributed by atoms with Crippen LogP contribution >= 0.6 is 0 Å². The quantitative estimate of drug-likeness (QED) is 0.530. The third kappa shape index (κ3) is 2.84. The molecule has 0 aliphatic heterocycles. The molecule has 0 fully saturated rings. The molecule has 7 heteroatoms. The number of furan rings is 1. The zero-order valence-electron chi connectivity index (χ0n) is 14.0. The van der Waals surface area contributed by atoms with Crippen molar-refractivity contribution in [1.82, 2.24) is 9.38 Å². The van der Waals surface area contributed by atoms with Gasteiger partial charge in [0.1, 0.15) is 11.4 Å². The fraction of sp³-hybridized carbons (Fsp3) is 0.105. The first kappa shape index (κ1) is 16.0. The van der Waals surface area contributed by atoms with Crippen LogP contribution in [0.3, 0.4) is 0 Å². The van der Waals surface area contributed by atoms with Crippen LogP contribution < -0.4 is 0 Å². The molecule has 130 valence electrons. The highest BCUT2D eigenvalue weighted by Gasteiger charge is 2.16. The smallest absolute Gasteiger partial charge is 0.190 e. The molecule has 4 aromatic rings. The Morgan fingerprint density at radius 1 is 1.15 bits per heavy atom. The lowest BCUT2D eigenvalue weighted by Crippen LogP contribution is -1.88. The Kier molecular flexibility index (Phi) is 3.98. The minimum atomic E-state index is -0.0665. The van der Waals surface area contributed by atoms with Crippen LogP contribution in [-0.4, -0.2) is 19.6 Å². The molecule has 2 N–H and O–H groups in total. The van der Waals surface area contributed by atoms with Gasteiger partial charge in [0.2, 0.25) is 0 Å². The number of fused-ring (bicyclic) bond motifs is 1. The minimum Gasteiger partial charge on any atom is -0.508 e. The lowest BCUT2D eigenvalue weighted by molar-refractivity contribution is 0.282. The number of aromatic hydroxyl groups is 1. The van der Waals surface area contributed by atoms with Crippen LogP contribution in [0.5, 0.6) is 5.75 Å². The summed E-state index contributed by atoms with van der Waals surface area (Å²) in [7, 11) is 0. The van der Waals surface area contributed by atoms with Crippen molar-refractivity contribution in [2.24, 2.45) is 10.2 Å². The van der Waals surface area contributed by atoms with Gasteiger partial charge < -0.3 is 14.6 Å². The van der Waals surface area contributed by atoms with Crippen molar-refractivity contribution >= 4 is 17.2 Å². The second kappa shape index (κ2) is 6.45. The molecular formula is C19H16N4O3. The zero-order valence-corrected chi connectivity index (χ0v) is 14.0. The van der Waals surface area contributed by atoms with Gasteiger partial charge in [0, 0.05) is 6.20 Å². The van der Waals surface area contributed by atoms with Crippen LogP contribution in [0.2, 0.25) is 0 Å². The number of hydrogen-bond donors (Lipinski definition) is 2. The number of nitrogens with zero attached hydrogens (tertiary/aromatic N) is 4. The largest absolute Gasteiger partial charge is 0.508 e. The normalized spacial score (nSPS) is 11.6. The van der Waals surface area contributed by atoms with Crippen LogP contribution in [-0.2, 0) is 6.61 Å². The molecule has 0 unspecified atom stereocenters. The van der Waals surface area contributed by atoms with Crippen molar-refractivity contribution in [3.8, 4) is 17.2 Å². The maximum absolute atomic E-state index is 9.53. The van der Waals surface area contributed by atoms with Gasteiger partial charge in [-0.1, -0.05) is 0 Å². The highest BCUT2D eigenvalue weighted by molar-refractivity contribution is 5.71. The van der Waals surface area contributed by atoms with Gasteiger partial charge in [0.25, 0.3) is 0 Å². The number of azo groups is 1. The van der Waals surface area contributed by atoms with Crippen molar-refractivity contribution in [1.29, 1.82) is 0 Å². The maximum Gasteiger partial charge on any atom is 0.190 e. The summed E-state index contributed by atoms with van der Waals surface area (Å²) in [6.07, 6.45) is 3.36. The average molecular weight is 348 g/mol. The number of aromatic nitrogens is 2. The van der Waals surface area contributed by atoms with Gasteiger partial charge in [-0.2, -0.15) is 0 Å². The first-order valence-electron chi connectivity index (χ1n) is 8.03. The molecule has 26 heavy (non-hydrogen) atoms. The maximum atomic E-state index is 9.53. The molecule has 0 aliphatic rings. The van der Waals surface area contributed by atoms with E-state index in [4.69, 9.17) is 4.42 Å². The Bertz CT molecular complexity index is 1100. The Morgan fingerprint density at radius 2 is 2.04 bits per heavy atom. The number of imidazole rings is 1. The highest BCUT2D eigenvalue weighted by atomic mass is 16.3. The van der Waals surface area contributed by atoms with E-state index in [1.165, 1.54) is 0 Å². The van der Waals surface area contributed by atoms with Gasteiger partial charge in [0.05, 0.1) is 18.6 Å². The van der Waals surface area contributed by atoms with Crippen LogP contribution in [0, 0.1) is 6.92 Å². The van der Waals surface area contributed by atoms with E-state index in [1.54, 1.807) is 59.3 Å². The SMILES string of the molecule is Cc1cc(O)ccc1N=Nc1c(-c2ccco2)nc2cc(CO)ccn12. The molecule has 4 rings (SSSR count). The van der Waals surface area contributed by atoms with Gasteiger partial charge >= 0.3 is 0 Å². The molecule has 0 atom stereocenters. The Labute approximate surface area is 148 Å². The second-order valence-electron chi connectivity index (χ2n) is 5.85. The molecule has 3 aromatic heterocycles. The number of aliphatic hydroxyl groups excluding tert-OH is 1. The average Bonchev–Trinajstić information content (AvgIpc) is 3.28. The van der Waals surface area contributed by atoms with Crippen molar-refractivity contribution in [3.63, 3.8) is 0 Å². The molecule has 3 heterocycles. The number of rotatable bonds is 4. The van der Waals surface area contributed by atoms with E-state index < -0.39 is 0 Å². The van der Waals surface area contributed by atoms with E-state index in [0.29, 0.717) is 28.6 Å². The second-order valence-corrected chi connectivity index (χ2v) is 5.85. The third-order valence-electron chi connectivity index (χ3n) is 4.04. The molecule has 0 radical (unpaired) electrons. The standard InChI is InChI=1S/C19H16N4O3/c1-12-9-14(25)4-5-15(12)21-22-19-18(16-3-2-8-26-16)20-17-10-13(11-24)6-7-23(17)19/h2-10,24-25H,11H2,1H3. The molecule has 0 amide bonds. The molecule has 7 nitrogen and oxygen atoms in total. The molecular weight excluding hydrogens is 332 g/mol. The van der Waals surface area contributed by atoms with Gasteiger partial charge in [-0.25, -0.2) is 4.98 Å². The Morgan fingerprint density at radius 3 is 2.77 bits per heavy atom. The van der Waals surface area contributed by atoms with Gasteiger partial charge in [-0.3, -0.25) is 4.40 Å². The minimum absolute atomic E-state index is 0.0665. The number of phenolic OH excluding ortho intramolecular Hbond substituents is 1. The molecule has 1 aromatic carbocycles. The lowest BCUT2D eigenvalue weighted by atomic mass is 10.2. The number of hydrogen-bond acceptors (Lipinski definition) is 6. The number of pyridine rings is 1. The van der Waals surface area contributed by atoms with E-state index in [-0.39, 0.29) is 12.4 Å². The Balaban J connectivity index is 1.86. The van der Waals surface area contributed by atoms with Crippen LogP contribution in [0.15, 0.2) is 69.6 Å². The summed E-state index contributed by atoms with van der Waals surface area (Å²) in [6.45, 7) is 1.78. The van der Waals surface area contributed by atoms with Crippen molar-refractivity contribution in [2.45, 2.75) is 13.5 Å². The first-order valence-corrected chi connectivity index (χ1v) is 8.03. The summed E-state index contributed by atoms with van der Waals surface area (Å²) in [4.78, 5) is 4.58. The summed E-state index contributed by atoms with van der Waals surface area (Å²) < 4.78 is 7.27. The molecule has 0 bridgehead atoms. The van der Waals surface area contributed by atoms with E-state index in [1.807, 2.05) is 6.92 Å². The summed E-state index contributed by atoms with van der Waals surface area (Å²) in [5, 5.41) is 27.6. The van der Waals surface area contributed by atoms with Crippen molar-refractivity contribution < 1.29 is 14.6 Å². The number of aliphatic hydroxyl groups is 1. The third-order valence-corrected chi connectivity index (χ3v) is 4.04. The number of aryl methyl sites for hydroxylation is 1. The van der Waals surface area contributed by atoms with E-state index in [0.717, 1.165) is 11.1 Å². The highest BCUT2D eigenvalue weighted by Crippen LogP contribution is 2.33. The topological polar surface area (TPSA) is 95.6 Å². The fourth-order valence-corrected chi connectivity index (χ4v) is 2.70. The summed E-state index contributed by atoms with van der Waals surface area (Å²) >= 11 is 0. The Hall–Kier alpha value is -3.45. The predicted molar refractivity (Wildman–Crippen MR) is 95.8 cm³/mol. The van der Waals surface area contributed by atoms with E-state index in [9.17, 15) is 10.2 Å². The molecule has 0 saturated heterocycles. The van der Waals surface area contributed by atoms with E-state index >= 15 is 0 Å². The van der Waals surface area contributed by atoms with Gasteiger partial charge in [-0.15, -0.1) is 10.2 Å². The number of benzene rings is 1. The predicted octanol–water partition coefficient (Wildman–Crippen LogP) is 4.52. The number of phenols is 1. The first-order chi connectivity index (χ1) is 12.7. The fourth-order valence-electron chi connectivity index (χ4n) is 2.70. The van der Waals surface area contributed by atoms with Crippen LogP contribution in [0.1, 0.15) is 11.1 Å². The van der Waals surface area contributed by atoms with Gasteiger partial charge in [-0.05, 0) is 60.5 Å². The van der Waals surface area contributed by atoms with E-state index in [2.05, 4.69) is 15.2 Å². The lowest BCUT2D eigenvalue weighted by Gasteiger charge is -2.01. The molecule has 0 aliphatic carbocycles. The summed E-state index contributed by atoms with van der Waals surface area (Å²) in [6, 6.07) is 12.1. The zero-order chi connectivity index (χ0) is 18.1. The monoisotopic (exact) mass is 348 g/mol.